The SMILES string of the molecule is CCOC(=O)CN(CCOC)C(=O)[C@H]1CCCCN1. The fourth-order valence-corrected chi connectivity index (χ4v) is 2.11. The second-order valence-corrected chi connectivity index (χ2v) is 4.56. The number of methoxy groups -OCH3 is 1. The van der Waals surface area contributed by atoms with E-state index in [0.29, 0.717) is 19.8 Å². The van der Waals surface area contributed by atoms with Gasteiger partial charge in [0.05, 0.1) is 19.3 Å². The molecule has 110 valence electrons. The molecule has 1 rings (SSSR count). The summed E-state index contributed by atoms with van der Waals surface area (Å²) in [7, 11) is 1.58. The van der Waals surface area contributed by atoms with E-state index < -0.39 is 0 Å². The topological polar surface area (TPSA) is 67.9 Å². The van der Waals surface area contributed by atoms with Crippen LogP contribution in [-0.2, 0) is 19.1 Å². The maximum Gasteiger partial charge on any atom is 0.325 e. The minimum Gasteiger partial charge on any atom is -0.465 e. The van der Waals surface area contributed by atoms with Gasteiger partial charge >= 0.3 is 5.97 Å². The van der Waals surface area contributed by atoms with E-state index >= 15 is 0 Å². The van der Waals surface area contributed by atoms with Crippen LogP contribution < -0.4 is 5.32 Å². The van der Waals surface area contributed by atoms with Gasteiger partial charge in [-0.25, -0.2) is 0 Å². The monoisotopic (exact) mass is 272 g/mol. The summed E-state index contributed by atoms with van der Waals surface area (Å²) in [6.07, 6.45) is 2.96. The molecule has 0 aromatic carbocycles. The highest BCUT2D eigenvalue weighted by molar-refractivity contribution is 5.85. The Morgan fingerprint density at radius 2 is 2.16 bits per heavy atom. The van der Waals surface area contributed by atoms with E-state index in [2.05, 4.69) is 5.32 Å². The van der Waals surface area contributed by atoms with Gasteiger partial charge in [0.25, 0.3) is 0 Å². The molecule has 1 aliphatic heterocycles. The van der Waals surface area contributed by atoms with E-state index in [4.69, 9.17) is 9.47 Å². The van der Waals surface area contributed by atoms with Gasteiger partial charge in [-0.2, -0.15) is 0 Å². The maximum atomic E-state index is 12.3. The molecule has 0 bridgehead atoms. The molecule has 1 aliphatic rings. The van der Waals surface area contributed by atoms with Crippen molar-refractivity contribution in [3.05, 3.63) is 0 Å². The third kappa shape index (κ3) is 5.57. The number of nitrogens with zero attached hydrogens (tertiary/aromatic N) is 1. The van der Waals surface area contributed by atoms with Crippen LogP contribution in [0.5, 0.6) is 0 Å². The van der Waals surface area contributed by atoms with Crippen LogP contribution in [0.4, 0.5) is 0 Å². The van der Waals surface area contributed by atoms with Crippen molar-refractivity contribution in [1.29, 1.82) is 0 Å². The van der Waals surface area contributed by atoms with E-state index in [1.54, 1.807) is 14.0 Å². The first kappa shape index (κ1) is 15.9. The number of ether oxygens (including phenoxy) is 2. The molecule has 0 spiro atoms. The van der Waals surface area contributed by atoms with E-state index in [0.717, 1.165) is 25.8 Å². The molecule has 19 heavy (non-hydrogen) atoms. The summed E-state index contributed by atoms with van der Waals surface area (Å²) in [5.74, 6) is -0.410. The van der Waals surface area contributed by atoms with Crippen molar-refractivity contribution in [2.45, 2.75) is 32.2 Å². The van der Waals surface area contributed by atoms with E-state index in [9.17, 15) is 9.59 Å². The minimum absolute atomic E-state index is 0.00574. The molecule has 6 nitrogen and oxygen atoms in total. The summed E-state index contributed by atoms with van der Waals surface area (Å²) in [4.78, 5) is 25.4. The molecule has 1 atom stereocenters. The summed E-state index contributed by atoms with van der Waals surface area (Å²) in [5.41, 5.74) is 0. The van der Waals surface area contributed by atoms with E-state index in [1.807, 2.05) is 0 Å². The molecule has 1 amide bonds. The molecule has 1 fully saturated rings. The van der Waals surface area contributed by atoms with Gasteiger partial charge < -0.3 is 19.7 Å². The van der Waals surface area contributed by atoms with Gasteiger partial charge in [-0.15, -0.1) is 0 Å². The molecule has 6 heteroatoms. The highest BCUT2D eigenvalue weighted by Crippen LogP contribution is 2.10. The average Bonchev–Trinajstić information content (AvgIpc) is 2.44. The Morgan fingerprint density at radius 1 is 1.37 bits per heavy atom. The van der Waals surface area contributed by atoms with Gasteiger partial charge in [0.15, 0.2) is 0 Å². The van der Waals surface area contributed by atoms with Crippen molar-refractivity contribution in [3.63, 3.8) is 0 Å². The predicted octanol–water partition coefficient (Wildman–Crippen LogP) is 0.167. The van der Waals surface area contributed by atoms with Crippen molar-refractivity contribution in [3.8, 4) is 0 Å². The molecule has 0 aromatic heterocycles. The molecular weight excluding hydrogens is 248 g/mol. The van der Waals surface area contributed by atoms with Gasteiger partial charge in [-0.05, 0) is 26.3 Å². The zero-order valence-electron chi connectivity index (χ0n) is 11.8. The summed E-state index contributed by atoms with van der Waals surface area (Å²) >= 11 is 0. The number of carbonyl (C=O) groups is 2. The third-order valence-electron chi connectivity index (χ3n) is 3.11. The van der Waals surface area contributed by atoms with Crippen LogP contribution in [0.25, 0.3) is 0 Å². The van der Waals surface area contributed by atoms with Crippen LogP contribution >= 0.6 is 0 Å². The zero-order chi connectivity index (χ0) is 14.1. The zero-order valence-corrected chi connectivity index (χ0v) is 11.8. The first-order valence-corrected chi connectivity index (χ1v) is 6.85. The second kappa shape index (κ2) is 8.87. The standard InChI is InChI=1S/C13H24N2O4/c1-3-19-12(16)10-15(8-9-18-2)13(17)11-6-4-5-7-14-11/h11,14H,3-10H2,1-2H3/t11-/m1/s1. The van der Waals surface area contributed by atoms with Crippen LogP contribution in [0.3, 0.4) is 0 Å². The second-order valence-electron chi connectivity index (χ2n) is 4.56. The minimum atomic E-state index is -0.372. The maximum absolute atomic E-state index is 12.3. The Morgan fingerprint density at radius 3 is 2.74 bits per heavy atom. The Kier molecular flexibility index (Phi) is 7.43. The fourth-order valence-electron chi connectivity index (χ4n) is 2.11. The number of hydrogen-bond acceptors (Lipinski definition) is 5. The van der Waals surface area contributed by atoms with Gasteiger partial charge in [0.1, 0.15) is 6.54 Å². The van der Waals surface area contributed by atoms with Gasteiger partial charge in [-0.3, -0.25) is 9.59 Å². The summed E-state index contributed by atoms with van der Waals surface area (Å²) in [6, 6.07) is -0.181. The average molecular weight is 272 g/mol. The molecule has 0 aliphatic carbocycles. The lowest BCUT2D eigenvalue weighted by Crippen LogP contribution is -2.50. The van der Waals surface area contributed by atoms with Crippen molar-refractivity contribution >= 4 is 11.9 Å². The van der Waals surface area contributed by atoms with Crippen molar-refractivity contribution in [2.24, 2.45) is 0 Å². The van der Waals surface area contributed by atoms with Gasteiger partial charge in [0, 0.05) is 13.7 Å². The molecule has 1 heterocycles. The van der Waals surface area contributed by atoms with Crippen molar-refractivity contribution < 1.29 is 19.1 Å². The Hall–Kier alpha value is -1.14. The molecule has 0 saturated carbocycles. The summed E-state index contributed by atoms with van der Waals surface area (Å²) in [5, 5.41) is 3.20. The molecule has 1 saturated heterocycles. The van der Waals surface area contributed by atoms with Gasteiger partial charge in [0.2, 0.25) is 5.91 Å². The number of carbonyl (C=O) groups excluding carboxylic acids is 2. The van der Waals surface area contributed by atoms with E-state index in [1.165, 1.54) is 4.90 Å². The normalized spacial score (nSPS) is 18.9. The molecule has 1 N–H and O–H groups in total. The van der Waals surface area contributed by atoms with E-state index in [-0.39, 0.29) is 24.5 Å². The predicted molar refractivity (Wildman–Crippen MR) is 70.7 cm³/mol. The Bertz CT molecular complexity index is 290. The molecular formula is C13H24N2O4. The number of amides is 1. The molecule has 0 unspecified atom stereocenters. The fraction of sp³-hybridized carbons (Fsp3) is 0.846. The lowest BCUT2D eigenvalue weighted by Gasteiger charge is -2.29. The quantitative estimate of drug-likeness (QED) is 0.669. The first-order chi connectivity index (χ1) is 9.19. The van der Waals surface area contributed by atoms with Crippen LogP contribution in [0.15, 0.2) is 0 Å². The lowest BCUT2D eigenvalue weighted by molar-refractivity contribution is -0.150. The number of rotatable bonds is 7. The smallest absolute Gasteiger partial charge is 0.325 e. The van der Waals surface area contributed by atoms with Gasteiger partial charge in [-0.1, -0.05) is 6.42 Å². The highest BCUT2D eigenvalue weighted by atomic mass is 16.5. The third-order valence-corrected chi connectivity index (χ3v) is 3.11. The first-order valence-electron chi connectivity index (χ1n) is 6.85. The number of piperidine rings is 1. The largest absolute Gasteiger partial charge is 0.465 e. The Labute approximate surface area is 114 Å². The highest BCUT2D eigenvalue weighted by Gasteiger charge is 2.27. The van der Waals surface area contributed by atoms with Crippen molar-refractivity contribution in [2.75, 3.05) is 40.0 Å². The number of nitrogens with one attached hydrogen (secondary N) is 1. The number of esters is 1. The summed E-state index contributed by atoms with van der Waals surface area (Å²) in [6.45, 7) is 3.75. The van der Waals surface area contributed by atoms with Crippen LogP contribution in [-0.4, -0.2) is 62.8 Å². The molecule has 0 aromatic rings. The van der Waals surface area contributed by atoms with Crippen LogP contribution in [0, 0.1) is 0 Å². The van der Waals surface area contributed by atoms with Crippen LogP contribution in [0.2, 0.25) is 0 Å². The molecule has 0 radical (unpaired) electrons. The van der Waals surface area contributed by atoms with Crippen LogP contribution in [0.1, 0.15) is 26.2 Å². The van der Waals surface area contributed by atoms with Crippen molar-refractivity contribution in [1.82, 2.24) is 10.2 Å². The number of hydrogen-bond donors (Lipinski definition) is 1. The summed E-state index contributed by atoms with van der Waals surface area (Å²) < 4.78 is 9.88. The Balaban J connectivity index is 2.55. The lowest BCUT2D eigenvalue weighted by atomic mass is 10.0.